The van der Waals surface area contributed by atoms with Crippen molar-refractivity contribution in [3.8, 4) is 5.75 Å². The van der Waals surface area contributed by atoms with E-state index in [1.165, 1.54) is 0 Å². The highest BCUT2D eigenvalue weighted by Crippen LogP contribution is 2.13. The molecule has 1 N–H and O–H groups in total. The molecule has 0 saturated carbocycles. The molecular weight excluding hydrogens is 240 g/mol. The van der Waals surface area contributed by atoms with Crippen LogP contribution >= 0.6 is 0 Å². The number of rotatable bonds is 7. The molecule has 106 valence electrons. The van der Waals surface area contributed by atoms with Crippen molar-refractivity contribution in [3.63, 3.8) is 0 Å². The lowest BCUT2D eigenvalue weighted by atomic mass is 10.2. The Kier molecular flexibility index (Phi) is 6.79. The van der Waals surface area contributed by atoms with Crippen LogP contribution in [0.4, 0.5) is 4.79 Å². The number of carbonyl (C=O) groups is 1. The molecule has 0 aliphatic heterocycles. The number of ether oxygens (including phenoxy) is 1. The van der Waals surface area contributed by atoms with Gasteiger partial charge >= 0.3 is 6.03 Å². The molecule has 0 heterocycles. The van der Waals surface area contributed by atoms with Crippen LogP contribution < -0.4 is 10.1 Å². The molecule has 0 saturated heterocycles. The van der Waals surface area contributed by atoms with Gasteiger partial charge in [0.15, 0.2) is 0 Å². The van der Waals surface area contributed by atoms with Crippen LogP contribution in [0.3, 0.4) is 0 Å². The van der Waals surface area contributed by atoms with Gasteiger partial charge in [0.2, 0.25) is 0 Å². The van der Waals surface area contributed by atoms with Crippen molar-refractivity contribution >= 4 is 6.03 Å². The van der Waals surface area contributed by atoms with Gasteiger partial charge in [-0.3, -0.25) is 0 Å². The third kappa shape index (κ3) is 5.64. The second-order valence-electron chi connectivity index (χ2n) is 4.65. The van der Waals surface area contributed by atoms with E-state index in [1.807, 2.05) is 24.3 Å². The highest BCUT2D eigenvalue weighted by molar-refractivity contribution is 5.73. The number of urea groups is 1. The molecular formula is C15H24N2O2. The van der Waals surface area contributed by atoms with E-state index < -0.39 is 0 Å². The number of nitrogens with zero attached hydrogens (tertiary/aromatic N) is 1. The summed E-state index contributed by atoms with van der Waals surface area (Å²) in [7, 11) is 3.44. The van der Waals surface area contributed by atoms with E-state index >= 15 is 0 Å². The summed E-state index contributed by atoms with van der Waals surface area (Å²) in [6, 6.07) is 7.73. The number of benzene rings is 1. The first-order valence-corrected chi connectivity index (χ1v) is 6.79. The minimum Gasteiger partial charge on any atom is -0.497 e. The number of hydrogen-bond acceptors (Lipinski definition) is 2. The van der Waals surface area contributed by atoms with Crippen molar-refractivity contribution in [1.82, 2.24) is 10.2 Å². The van der Waals surface area contributed by atoms with Crippen LogP contribution in [-0.2, 0) is 6.54 Å². The van der Waals surface area contributed by atoms with Gasteiger partial charge in [-0.2, -0.15) is 0 Å². The number of nitrogens with one attached hydrogen (secondary N) is 1. The fraction of sp³-hybridized carbons (Fsp3) is 0.533. The summed E-state index contributed by atoms with van der Waals surface area (Å²) < 4.78 is 5.17. The summed E-state index contributed by atoms with van der Waals surface area (Å²) in [4.78, 5) is 13.5. The average molecular weight is 264 g/mol. The lowest BCUT2D eigenvalue weighted by Gasteiger charge is -2.18. The van der Waals surface area contributed by atoms with Gasteiger partial charge in [-0.25, -0.2) is 4.79 Å². The number of methoxy groups -OCH3 is 1. The van der Waals surface area contributed by atoms with E-state index in [0.717, 1.165) is 37.1 Å². The van der Waals surface area contributed by atoms with Gasteiger partial charge in [0.25, 0.3) is 0 Å². The van der Waals surface area contributed by atoms with Crippen LogP contribution in [-0.4, -0.2) is 31.6 Å². The maximum Gasteiger partial charge on any atom is 0.317 e. The Balaban J connectivity index is 2.40. The smallest absolute Gasteiger partial charge is 0.317 e. The predicted molar refractivity (Wildman–Crippen MR) is 77.4 cm³/mol. The van der Waals surface area contributed by atoms with Crippen LogP contribution in [0.15, 0.2) is 24.3 Å². The van der Waals surface area contributed by atoms with E-state index in [2.05, 4.69) is 12.2 Å². The molecule has 19 heavy (non-hydrogen) atoms. The van der Waals surface area contributed by atoms with Crippen molar-refractivity contribution in [1.29, 1.82) is 0 Å². The molecule has 0 unspecified atom stereocenters. The summed E-state index contributed by atoms with van der Waals surface area (Å²) >= 11 is 0. The van der Waals surface area contributed by atoms with E-state index in [1.54, 1.807) is 19.1 Å². The van der Waals surface area contributed by atoms with E-state index in [9.17, 15) is 4.79 Å². The number of amides is 2. The predicted octanol–water partition coefficient (Wildman–Crippen LogP) is 3.03. The SMILES string of the molecule is CCCCCNC(=O)N(C)Cc1cccc(OC)c1. The molecule has 1 aromatic carbocycles. The molecule has 1 rings (SSSR count). The molecule has 0 aromatic heterocycles. The fourth-order valence-corrected chi connectivity index (χ4v) is 1.82. The van der Waals surface area contributed by atoms with Gasteiger partial charge in [0.1, 0.15) is 5.75 Å². The molecule has 4 heteroatoms. The zero-order chi connectivity index (χ0) is 14.1. The van der Waals surface area contributed by atoms with Gasteiger partial charge < -0.3 is 15.0 Å². The quantitative estimate of drug-likeness (QED) is 0.769. The van der Waals surface area contributed by atoms with Gasteiger partial charge in [0.05, 0.1) is 7.11 Å². The second-order valence-corrected chi connectivity index (χ2v) is 4.65. The van der Waals surface area contributed by atoms with Gasteiger partial charge in [-0.15, -0.1) is 0 Å². The molecule has 2 amide bonds. The Bertz CT molecular complexity index is 393. The Labute approximate surface area is 115 Å². The average Bonchev–Trinajstić information content (AvgIpc) is 2.43. The monoisotopic (exact) mass is 264 g/mol. The lowest BCUT2D eigenvalue weighted by Crippen LogP contribution is -2.37. The first-order chi connectivity index (χ1) is 9.17. The molecule has 0 bridgehead atoms. The third-order valence-electron chi connectivity index (χ3n) is 2.96. The van der Waals surface area contributed by atoms with Crippen LogP contribution in [0.2, 0.25) is 0 Å². The minimum atomic E-state index is -0.0288. The van der Waals surface area contributed by atoms with E-state index in [0.29, 0.717) is 6.54 Å². The van der Waals surface area contributed by atoms with Crippen LogP contribution in [0, 0.1) is 0 Å². The van der Waals surface area contributed by atoms with Crippen molar-refractivity contribution in [2.24, 2.45) is 0 Å². The zero-order valence-electron chi connectivity index (χ0n) is 12.1. The summed E-state index contributed by atoms with van der Waals surface area (Å²) in [5.41, 5.74) is 1.06. The maximum atomic E-state index is 11.8. The van der Waals surface area contributed by atoms with Gasteiger partial charge in [-0.1, -0.05) is 31.9 Å². The topological polar surface area (TPSA) is 41.6 Å². The lowest BCUT2D eigenvalue weighted by molar-refractivity contribution is 0.206. The first-order valence-electron chi connectivity index (χ1n) is 6.79. The van der Waals surface area contributed by atoms with Crippen LogP contribution in [0.1, 0.15) is 31.7 Å². The Morgan fingerprint density at radius 3 is 2.84 bits per heavy atom. The molecule has 4 nitrogen and oxygen atoms in total. The highest BCUT2D eigenvalue weighted by Gasteiger charge is 2.08. The Hall–Kier alpha value is -1.71. The number of hydrogen-bond donors (Lipinski definition) is 1. The fourth-order valence-electron chi connectivity index (χ4n) is 1.82. The van der Waals surface area contributed by atoms with E-state index in [-0.39, 0.29) is 6.03 Å². The van der Waals surface area contributed by atoms with Gasteiger partial charge in [-0.05, 0) is 24.1 Å². The van der Waals surface area contributed by atoms with Crippen molar-refractivity contribution < 1.29 is 9.53 Å². The molecule has 0 fully saturated rings. The normalized spacial score (nSPS) is 10.1. The van der Waals surface area contributed by atoms with Crippen LogP contribution in [0.5, 0.6) is 5.75 Å². The van der Waals surface area contributed by atoms with E-state index in [4.69, 9.17) is 4.74 Å². The van der Waals surface area contributed by atoms with Crippen molar-refractivity contribution in [2.45, 2.75) is 32.7 Å². The Morgan fingerprint density at radius 1 is 1.37 bits per heavy atom. The summed E-state index contributed by atoms with van der Waals surface area (Å²) in [5.74, 6) is 0.814. The second kappa shape index (κ2) is 8.40. The molecule has 1 aromatic rings. The molecule has 0 radical (unpaired) electrons. The highest BCUT2D eigenvalue weighted by atomic mass is 16.5. The standard InChI is InChI=1S/C15H24N2O2/c1-4-5-6-10-16-15(18)17(2)12-13-8-7-9-14(11-13)19-3/h7-9,11H,4-6,10,12H2,1-3H3,(H,16,18). The first kappa shape index (κ1) is 15.3. The molecule has 0 aliphatic carbocycles. The van der Waals surface area contributed by atoms with Crippen molar-refractivity contribution in [2.75, 3.05) is 20.7 Å². The zero-order valence-corrected chi connectivity index (χ0v) is 12.1. The van der Waals surface area contributed by atoms with Gasteiger partial charge in [0, 0.05) is 20.1 Å². The largest absolute Gasteiger partial charge is 0.497 e. The third-order valence-corrected chi connectivity index (χ3v) is 2.96. The number of carbonyl (C=O) groups excluding carboxylic acids is 1. The summed E-state index contributed by atoms with van der Waals surface area (Å²) in [5, 5.41) is 2.92. The van der Waals surface area contributed by atoms with Crippen molar-refractivity contribution in [3.05, 3.63) is 29.8 Å². The summed E-state index contributed by atoms with van der Waals surface area (Å²) in [6.07, 6.45) is 3.35. The minimum absolute atomic E-state index is 0.0288. The Morgan fingerprint density at radius 2 is 2.16 bits per heavy atom. The number of unbranched alkanes of at least 4 members (excludes halogenated alkanes) is 2. The maximum absolute atomic E-state index is 11.8. The molecule has 0 spiro atoms. The molecule has 0 aliphatic rings. The van der Waals surface area contributed by atoms with Crippen LogP contribution in [0.25, 0.3) is 0 Å². The molecule has 0 atom stereocenters. The summed E-state index contributed by atoms with van der Waals surface area (Å²) in [6.45, 7) is 3.47.